The summed E-state index contributed by atoms with van der Waals surface area (Å²) in [6, 6.07) is 9.43. The summed E-state index contributed by atoms with van der Waals surface area (Å²) in [5.41, 5.74) is 2.25. The van der Waals surface area contributed by atoms with E-state index in [0.29, 0.717) is 49.4 Å². The SMILES string of the molecule is COc1ccccc1-c1nc(C(=O)N2CCN(c3ncccn3)CC2)n2ccncc12. The molecule has 0 radical (unpaired) electrons. The number of ether oxygens (including phenoxy) is 1. The molecule has 0 N–H and O–H groups in total. The minimum absolute atomic E-state index is 0.115. The van der Waals surface area contributed by atoms with Crippen molar-refractivity contribution in [2.45, 2.75) is 0 Å². The first-order valence-electron chi connectivity index (χ1n) is 10.0. The molecule has 9 heteroatoms. The van der Waals surface area contributed by atoms with Crippen LogP contribution in [0.4, 0.5) is 5.95 Å². The molecule has 5 rings (SSSR count). The molecule has 31 heavy (non-hydrogen) atoms. The minimum atomic E-state index is -0.115. The summed E-state index contributed by atoms with van der Waals surface area (Å²) in [7, 11) is 1.62. The highest BCUT2D eigenvalue weighted by Crippen LogP contribution is 2.32. The molecule has 1 saturated heterocycles. The Labute approximate surface area is 179 Å². The Morgan fingerprint density at radius 3 is 2.55 bits per heavy atom. The summed E-state index contributed by atoms with van der Waals surface area (Å²) in [6.45, 7) is 2.47. The molecule has 0 spiro atoms. The number of hydrogen-bond donors (Lipinski definition) is 0. The van der Waals surface area contributed by atoms with Crippen LogP contribution in [0.5, 0.6) is 5.75 Å². The zero-order chi connectivity index (χ0) is 21.2. The van der Waals surface area contributed by atoms with Crippen molar-refractivity contribution < 1.29 is 9.53 Å². The summed E-state index contributed by atoms with van der Waals surface area (Å²) < 4.78 is 7.30. The first-order chi connectivity index (χ1) is 15.3. The molecule has 0 aliphatic carbocycles. The molecule has 1 amide bonds. The Hall–Kier alpha value is -4.01. The van der Waals surface area contributed by atoms with Gasteiger partial charge in [-0.2, -0.15) is 0 Å². The van der Waals surface area contributed by atoms with Gasteiger partial charge in [0.25, 0.3) is 5.91 Å². The van der Waals surface area contributed by atoms with E-state index in [9.17, 15) is 4.79 Å². The molecule has 1 fully saturated rings. The second kappa shape index (κ2) is 8.02. The third-order valence-corrected chi connectivity index (χ3v) is 5.40. The highest BCUT2D eigenvalue weighted by Gasteiger charge is 2.28. The molecule has 1 aromatic carbocycles. The fourth-order valence-corrected chi connectivity index (χ4v) is 3.83. The average Bonchev–Trinajstić information content (AvgIpc) is 3.24. The van der Waals surface area contributed by atoms with Gasteiger partial charge in [-0.25, -0.2) is 15.0 Å². The van der Waals surface area contributed by atoms with Crippen LogP contribution in [0.15, 0.2) is 61.3 Å². The normalized spacial score (nSPS) is 14.1. The second-order valence-electron chi connectivity index (χ2n) is 7.14. The molecule has 0 atom stereocenters. The van der Waals surface area contributed by atoms with Crippen LogP contribution in [-0.4, -0.2) is 68.4 Å². The lowest BCUT2D eigenvalue weighted by molar-refractivity contribution is 0.0733. The third kappa shape index (κ3) is 3.43. The number of rotatable bonds is 4. The predicted octanol–water partition coefficient (Wildman–Crippen LogP) is 2.16. The van der Waals surface area contributed by atoms with E-state index in [1.807, 2.05) is 29.2 Å². The number of hydrogen-bond acceptors (Lipinski definition) is 7. The number of piperazine rings is 1. The number of carbonyl (C=O) groups excluding carboxylic acids is 1. The first-order valence-corrected chi connectivity index (χ1v) is 10.0. The number of para-hydroxylation sites is 1. The van der Waals surface area contributed by atoms with Gasteiger partial charge < -0.3 is 14.5 Å². The van der Waals surface area contributed by atoms with Gasteiger partial charge in [0.1, 0.15) is 11.4 Å². The molecule has 156 valence electrons. The molecule has 0 saturated carbocycles. The Kier molecular flexibility index (Phi) is 4.91. The lowest BCUT2D eigenvalue weighted by Gasteiger charge is -2.34. The molecule has 3 aromatic heterocycles. The maximum absolute atomic E-state index is 13.4. The van der Waals surface area contributed by atoms with Gasteiger partial charge in [-0.1, -0.05) is 12.1 Å². The maximum atomic E-state index is 13.4. The number of aromatic nitrogens is 5. The molecule has 1 aliphatic heterocycles. The fraction of sp³-hybridized carbons (Fsp3) is 0.227. The van der Waals surface area contributed by atoms with Crippen LogP contribution in [-0.2, 0) is 0 Å². The smallest absolute Gasteiger partial charge is 0.290 e. The number of methoxy groups -OCH3 is 1. The predicted molar refractivity (Wildman–Crippen MR) is 115 cm³/mol. The second-order valence-corrected chi connectivity index (χ2v) is 7.14. The molecular formula is C22H21N7O2. The Morgan fingerprint density at radius 1 is 1.00 bits per heavy atom. The van der Waals surface area contributed by atoms with E-state index >= 15 is 0 Å². The summed E-state index contributed by atoms with van der Waals surface area (Å²) in [5, 5.41) is 0. The summed E-state index contributed by atoms with van der Waals surface area (Å²) >= 11 is 0. The van der Waals surface area contributed by atoms with Crippen molar-refractivity contribution in [3.8, 4) is 17.0 Å². The van der Waals surface area contributed by atoms with Crippen molar-refractivity contribution in [3.05, 3.63) is 67.1 Å². The quantitative estimate of drug-likeness (QED) is 0.505. The highest BCUT2D eigenvalue weighted by atomic mass is 16.5. The molecule has 1 aliphatic rings. The third-order valence-electron chi connectivity index (χ3n) is 5.40. The zero-order valence-electron chi connectivity index (χ0n) is 17.0. The number of nitrogens with zero attached hydrogens (tertiary/aromatic N) is 7. The van der Waals surface area contributed by atoms with Gasteiger partial charge in [-0.3, -0.25) is 14.2 Å². The van der Waals surface area contributed by atoms with Crippen LogP contribution in [0.25, 0.3) is 16.8 Å². The Bertz CT molecular complexity index is 1220. The van der Waals surface area contributed by atoms with E-state index in [4.69, 9.17) is 9.72 Å². The van der Waals surface area contributed by atoms with Crippen LogP contribution in [0, 0.1) is 0 Å². The van der Waals surface area contributed by atoms with Crippen LogP contribution >= 0.6 is 0 Å². The molecule has 9 nitrogen and oxygen atoms in total. The topological polar surface area (TPSA) is 88.8 Å². The van der Waals surface area contributed by atoms with E-state index in [0.717, 1.165) is 11.1 Å². The number of benzene rings is 1. The van der Waals surface area contributed by atoms with E-state index < -0.39 is 0 Å². The monoisotopic (exact) mass is 415 g/mol. The van der Waals surface area contributed by atoms with Gasteiger partial charge in [0, 0.05) is 56.5 Å². The Morgan fingerprint density at radius 2 is 1.77 bits per heavy atom. The van der Waals surface area contributed by atoms with E-state index in [2.05, 4.69) is 19.9 Å². The summed E-state index contributed by atoms with van der Waals surface area (Å²) in [6.07, 6.45) is 8.59. The van der Waals surface area contributed by atoms with Gasteiger partial charge in [0.15, 0.2) is 0 Å². The lowest BCUT2D eigenvalue weighted by atomic mass is 10.1. The van der Waals surface area contributed by atoms with Crippen LogP contribution in [0.3, 0.4) is 0 Å². The molecular weight excluding hydrogens is 394 g/mol. The molecule has 0 unspecified atom stereocenters. The summed E-state index contributed by atoms with van der Waals surface area (Å²) in [4.78, 5) is 34.9. The van der Waals surface area contributed by atoms with Crippen LogP contribution < -0.4 is 9.64 Å². The van der Waals surface area contributed by atoms with Gasteiger partial charge in [-0.15, -0.1) is 0 Å². The molecule has 4 aromatic rings. The number of carbonyl (C=O) groups is 1. The van der Waals surface area contributed by atoms with Crippen molar-refractivity contribution in [3.63, 3.8) is 0 Å². The molecule has 0 bridgehead atoms. The fourth-order valence-electron chi connectivity index (χ4n) is 3.83. The molecule has 4 heterocycles. The average molecular weight is 415 g/mol. The standard InChI is InChI=1S/C22H21N7O2/c1-31-18-6-3-2-5-16(18)19-17-15-23-9-10-29(17)20(26-19)21(30)27-11-13-28(14-12-27)22-24-7-4-8-25-22/h2-10,15H,11-14H2,1H3. The number of fused-ring (bicyclic) bond motifs is 1. The van der Waals surface area contributed by atoms with Crippen molar-refractivity contribution in [1.29, 1.82) is 0 Å². The summed E-state index contributed by atoms with van der Waals surface area (Å²) in [5.74, 6) is 1.63. The van der Waals surface area contributed by atoms with Crippen molar-refractivity contribution in [2.24, 2.45) is 0 Å². The lowest BCUT2D eigenvalue weighted by Crippen LogP contribution is -2.49. The number of amides is 1. The van der Waals surface area contributed by atoms with Gasteiger partial charge in [-0.05, 0) is 18.2 Å². The number of anilines is 1. The van der Waals surface area contributed by atoms with E-state index in [1.165, 1.54) is 0 Å². The zero-order valence-corrected chi connectivity index (χ0v) is 17.0. The maximum Gasteiger partial charge on any atom is 0.290 e. The van der Waals surface area contributed by atoms with Gasteiger partial charge in [0.05, 0.1) is 18.8 Å². The van der Waals surface area contributed by atoms with Crippen LogP contribution in [0.1, 0.15) is 10.6 Å². The van der Waals surface area contributed by atoms with Gasteiger partial charge in [0.2, 0.25) is 11.8 Å². The Balaban J connectivity index is 1.45. The van der Waals surface area contributed by atoms with Crippen molar-refractivity contribution in [1.82, 2.24) is 29.2 Å². The van der Waals surface area contributed by atoms with E-state index in [-0.39, 0.29) is 5.91 Å². The van der Waals surface area contributed by atoms with Crippen molar-refractivity contribution >= 4 is 17.4 Å². The largest absolute Gasteiger partial charge is 0.496 e. The highest BCUT2D eigenvalue weighted by molar-refractivity contribution is 5.95. The van der Waals surface area contributed by atoms with Crippen LogP contribution in [0.2, 0.25) is 0 Å². The first kappa shape index (κ1) is 19.0. The van der Waals surface area contributed by atoms with Gasteiger partial charge >= 0.3 is 0 Å². The minimum Gasteiger partial charge on any atom is -0.496 e. The van der Waals surface area contributed by atoms with Crippen molar-refractivity contribution in [2.75, 3.05) is 38.2 Å². The number of imidazole rings is 1. The van der Waals surface area contributed by atoms with E-state index in [1.54, 1.807) is 48.6 Å².